The van der Waals surface area contributed by atoms with Gasteiger partial charge in [0.2, 0.25) is 0 Å². The van der Waals surface area contributed by atoms with Gasteiger partial charge in [-0.2, -0.15) is 0 Å². The Morgan fingerprint density at radius 2 is 1.88 bits per heavy atom. The molecule has 0 radical (unpaired) electrons. The van der Waals surface area contributed by atoms with Crippen LogP contribution in [-0.4, -0.2) is 14.2 Å². The van der Waals surface area contributed by atoms with E-state index in [1.54, 1.807) is 18.2 Å². The summed E-state index contributed by atoms with van der Waals surface area (Å²) in [6, 6.07) is 6.92. The molecular weight excluding hydrogens is 288 g/mol. The first-order chi connectivity index (χ1) is 7.45. The first-order valence-corrected chi connectivity index (χ1v) is 7.54. The third kappa shape index (κ3) is 3.76. The van der Waals surface area contributed by atoms with E-state index in [-0.39, 0.29) is 5.75 Å². The molecule has 1 aromatic rings. The SMILES string of the molecule is CC/C(Br)=C\CS(=O)(=O)c1ccc(C)cc1. The summed E-state index contributed by atoms with van der Waals surface area (Å²) in [4.78, 5) is 0.380. The zero-order valence-electron chi connectivity index (χ0n) is 9.40. The maximum absolute atomic E-state index is 11.9. The molecule has 4 heteroatoms. The van der Waals surface area contributed by atoms with Gasteiger partial charge in [0, 0.05) is 0 Å². The van der Waals surface area contributed by atoms with Gasteiger partial charge >= 0.3 is 0 Å². The minimum absolute atomic E-state index is 0.0461. The van der Waals surface area contributed by atoms with Crippen LogP contribution in [0.4, 0.5) is 0 Å². The molecule has 0 heterocycles. The molecule has 0 N–H and O–H groups in total. The highest BCUT2D eigenvalue weighted by molar-refractivity contribution is 9.11. The normalized spacial score (nSPS) is 12.8. The Bertz CT molecular complexity index is 472. The average molecular weight is 303 g/mol. The average Bonchev–Trinajstić information content (AvgIpc) is 2.26. The molecule has 0 aliphatic carbocycles. The van der Waals surface area contributed by atoms with Gasteiger partial charge in [-0.15, -0.1) is 0 Å². The lowest BCUT2D eigenvalue weighted by Gasteiger charge is -2.02. The molecule has 0 atom stereocenters. The van der Waals surface area contributed by atoms with Gasteiger partial charge < -0.3 is 0 Å². The highest BCUT2D eigenvalue weighted by Gasteiger charge is 2.12. The summed E-state index contributed by atoms with van der Waals surface area (Å²) >= 11 is 3.31. The first-order valence-electron chi connectivity index (χ1n) is 5.09. The Morgan fingerprint density at radius 3 is 2.38 bits per heavy atom. The third-order valence-electron chi connectivity index (χ3n) is 2.24. The van der Waals surface area contributed by atoms with E-state index in [1.807, 2.05) is 26.0 Å². The number of benzene rings is 1. The van der Waals surface area contributed by atoms with Crippen LogP contribution in [0.2, 0.25) is 0 Å². The Morgan fingerprint density at radius 1 is 1.31 bits per heavy atom. The predicted molar refractivity (Wildman–Crippen MR) is 70.5 cm³/mol. The second-order valence-corrected chi connectivity index (χ2v) is 6.65. The molecule has 0 aromatic heterocycles. The number of allylic oxidation sites excluding steroid dienone is 1. The molecule has 0 aliphatic heterocycles. The topological polar surface area (TPSA) is 34.1 Å². The standard InChI is InChI=1S/C12H15BrO2S/c1-3-11(13)8-9-16(14,15)12-6-4-10(2)5-7-12/h4-8H,3,9H2,1-2H3/b11-8+. The van der Waals surface area contributed by atoms with Crippen LogP contribution in [0.15, 0.2) is 39.7 Å². The van der Waals surface area contributed by atoms with Gasteiger partial charge in [-0.3, -0.25) is 0 Å². The fourth-order valence-corrected chi connectivity index (χ4v) is 2.73. The minimum atomic E-state index is -3.19. The third-order valence-corrected chi connectivity index (χ3v) is 4.72. The van der Waals surface area contributed by atoms with Gasteiger partial charge in [-0.05, 0) is 30.0 Å². The molecule has 0 fully saturated rings. The molecular formula is C12H15BrO2S. The highest BCUT2D eigenvalue weighted by Crippen LogP contribution is 2.15. The Hall–Kier alpha value is -0.610. The van der Waals surface area contributed by atoms with Crippen LogP contribution in [0, 0.1) is 6.92 Å². The summed E-state index contributed by atoms with van der Waals surface area (Å²) in [6.07, 6.45) is 2.51. The second kappa shape index (κ2) is 5.64. The summed E-state index contributed by atoms with van der Waals surface area (Å²) in [5, 5.41) is 0. The van der Waals surface area contributed by atoms with Crippen molar-refractivity contribution in [3.63, 3.8) is 0 Å². The Labute approximate surface area is 105 Å². The minimum Gasteiger partial charge on any atom is -0.223 e. The largest absolute Gasteiger partial charge is 0.223 e. The van der Waals surface area contributed by atoms with Gasteiger partial charge in [-0.1, -0.05) is 46.6 Å². The van der Waals surface area contributed by atoms with Gasteiger partial charge in [-0.25, -0.2) is 8.42 Å². The van der Waals surface area contributed by atoms with E-state index in [4.69, 9.17) is 0 Å². The van der Waals surface area contributed by atoms with Gasteiger partial charge in [0.1, 0.15) is 0 Å². The molecule has 16 heavy (non-hydrogen) atoms. The number of hydrogen-bond acceptors (Lipinski definition) is 2. The second-order valence-electron chi connectivity index (χ2n) is 3.60. The van der Waals surface area contributed by atoms with Crippen LogP contribution < -0.4 is 0 Å². The van der Waals surface area contributed by atoms with Crippen molar-refractivity contribution in [2.24, 2.45) is 0 Å². The molecule has 0 saturated carbocycles. The van der Waals surface area contributed by atoms with E-state index in [1.165, 1.54) is 0 Å². The van der Waals surface area contributed by atoms with Crippen molar-refractivity contribution >= 4 is 25.8 Å². The van der Waals surface area contributed by atoms with Crippen LogP contribution in [0.3, 0.4) is 0 Å². The molecule has 0 spiro atoms. The van der Waals surface area contributed by atoms with Crippen LogP contribution in [0.5, 0.6) is 0 Å². The molecule has 0 saturated heterocycles. The van der Waals surface area contributed by atoms with E-state index >= 15 is 0 Å². The van der Waals surface area contributed by atoms with Crippen molar-refractivity contribution < 1.29 is 8.42 Å². The number of rotatable bonds is 4. The summed E-state index contributed by atoms with van der Waals surface area (Å²) in [5.41, 5.74) is 1.06. The summed E-state index contributed by atoms with van der Waals surface area (Å²) in [5.74, 6) is 0.0461. The smallest absolute Gasteiger partial charge is 0.181 e. The van der Waals surface area contributed by atoms with Crippen molar-refractivity contribution in [1.82, 2.24) is 0 Å². The summed E-state index contributed by atoms with van der Waals surface area (Å²) in [7, 11) is -3.19. The first kappa shape index (κ1) is 13.5. The summed E-state index contributed by atoms with van der Waals surface area (Å²) < 4.78 is 24.7. The molecule has 88 valence electrons. The van der Waals surface area contributed by atoms with Crippen molar-refractivity contribution in [3.05, 3.63) is 40.4 Å². The Kier molecular flexibility index (Phi) is 4.74. The molecule has 0 amide bonds. The maximum Gasteiger partial charge on any atom is 0.181 e. The van der Waals surface area contributed by atoms with Crippen molar-refractivity contribution in [1.29, 1.82) is 0 Å². The van der Waals surface area contributed by atoms with E-state index in [9.17, 15) is 8.42 Å². The number of aryl methyl sites for hydroxylation is 1. The van der Waals surface area contributed by atoms with Crippen LogP contribution in [0.1, 0.15) is 18.9 Å². The molecule has 1 rings (SSSR count). The maximum atomic E-state index is 11.9. The van der Waals surface area contributed by atoms with Crippen LogP contribution in [-0.2, 0) is 9.84 Å². The van der Waals surface area contributed by atoms with E-state index in [0.717, 1.165) is 16.5 Å². The fourth-order valence-electron chi connectivity index (χ4n) is 1.19. The van der Waals surface area contributed by atoms with E-state index in [0.29, 0.717) is 4.90 Å². The lowest BCUT2D eigenvalue weighted by molar-refractivity contribution is 0.599. The summed E-state index contributed by atoms with van der Waals surface area (Å²) in [6.45, 7) is 3.91. The molecule has 1 aromatic carbocycles. The lowest BCUT2D eigenvalue weighted by Crippen LogP contribution is -2.04. The van der Waals surface area contributed by atoms with Crippen molar-refractivity contribution in [2.45, 2.75) is 25.2 Å². The Balaban J connectivity index is 2.91. The quantitative estimate of drug-likeness (QED) is 0.853. The van der Waals surface area contributed by atoms with Gasteiger partial charge in [0.05, 0.1) is 10.6 Å². The van der Waals surface area contributed by atoms with Crippen molar-refractivity contribution in [2.75, 3.05) is 5.75 Å². The monoisotopic (exact) mass is 302 g/mol. The highest BCUT2D eigenvalue weighted by atomic mass is 79.9. The number of sulfone groups is 1. The predicted octanol–water partition coefficient (Wildman–Crippen LogP) is 3.46. The van der Waals surface area contributed by atoms with Gasteiger partial charge in [0.15, 0.2) is 9.84 Å². The lowest BCUT2D eigenvalue weighted by atomic mass is 10.2. The molecule has 0 aliphatic rings. The van der Waals surface area contributed by atoms with Crippen LogP contribution >= 0.6 is 15.9 Å². The van der Waals surface area contributed by atoms with E-state index < -0.39 is 9.84 Å². The fraction of sp³-hybridized carbons (Fsp3) is 0.333. The number of hydrogen-bond donors (Lipinski definition) is 0. The molecule has 0 bridgehead atoms. The molecule has 0 unspecified atom stereocenters. The van der Waals surface area contributed by atoms with Crippen LogP contribution in [0.25, 0.3) is 0 Å². The number of halogens is 1. The zero-order chi connectivity index (χ0) is 12.2. The molecule has 2 nitrogen and oxygen atoms in total. The van der Waals surface area contributed by atoms with E-state index in [2.05, 4.69) is 15.9 Å². The zero-order valence-corrected chi connectivity index (χ0v) is 11.8. The van der Waals surface area contributed by atoms with Gasteiger partial charge in [0.25, 0.3) is 0 Å². The van der Waals surface area contributed by atoms with Crippen molar-refractivity contribution in [3.8, 4) is 0 Å².